The van der Waals surface area contributed by atoms with Crippen molar-refractivity contribution >= 4 is 0 Å². The molecule has 1 fully saturated rings. The van der Waals surface area contributed by atoms with E-state index in [0.717, 1.165) is 6.54 Å². The summed E-state index contributed by atoms with van der Waals surface area (Å²) < 4.78 is 0. The lowest BCUT2D eigenvalue weighted by molar-refractivity contribution is 0.364. The molecule has 94 valence electrons. The first kappa shape index (κ1) is 12.6. The highest BCUT2D eigenvalue weighted by Crippen LogP contribution is 2.36. The molecule has 1 nitrogen and oxygen atoms in total. The number of hydrogen-bond donors (Lipinski definition) is 1. The Balaban J connectivity index is 1.90. The summed E-state index contributed by atoms with van der Waals surface area (Å²) in [6, 6.07) is 7.54. The Hall–Kier alpha value is -0.820. The van der Waals surface area contributed by atoms with Crippen molar-refractivity contribution in [3.63, 3.8) is 0 Å². The first-order valence-electron chi connectivity index (χ1n) is 6.75. The van der Waals surface area contributed by atoms with Gasteiger partial charge in [-0.05, 0) is 44.1 Å². The molecule has 0 amide bonds. The van der Waals surface area contributed by atoms with Crippen LogP contribution in [0.3, 0.4) is 0 Å². The van der Waals surface area contributed by atoms with Gasteiger partial charge in [-0.2, -0.15) is 0 Å². The van der Waals surface area contributed by atoms with Crippen LogP contribution >= 0.6 is 0 Å². The molecule has 1 atom stereocenters. The predicted octanol–water partition coefficient (Wildman–Crippen LogP) is 3.97. The maximum atomic E-state index is 3.71. The Labute approximate surface area is 106 Å². The predicted molar refractivity (Wildman–Crippen MR) is 74.2 cm³/mol. The maximum absolute atomic E-state index is 3.71. The van der Waals surface area contributed by atoms with Crippen molar-refractivity contribution in [2.24, 2.45) is 5.41 Å². The molecule has 0 spiro atoms. The van der Waals surface area contributed by atoms with Crippen molar-refractivity contribution in [1.82, 2.24) is 5.32 Å². The lowest BCUT2D eigenvalue weighted by Crippen LogP contribution is -2.26. The van der Waals surface area contributed by atoms with Gasteiger partial charge in [0.05, 0.1) is 0 Å². The van der Waals surface area contributed by atoms with Crippen LogP contribution in [0.2, 0.25) is 0 Å². The van der Waals surface area contributed by atoms with E-state index in [1.807, 2.05) is 0 Å². The summed E-state index contributed by atoms with van der Waals surface area (Å²) in [5.41, 5.74) is 4.70. The van der Waals surface area contributed by atoms with Crippen LogP contribution in [0.1, 0.15) is 49.8 Å². The third-order valence-electron chi connectivity index (χ3n) is 3.84. The van der Waals surface area contributed by atoms with Gasteiger partial charge >= 0.3 is 0 Å². The monoisotopic (exact) mass is 231 g/mol. The number of hydrogen-bond acceptors (Lipinski definition) is 1. The van der Waals surface area contributed by atoms with Crippen LogP contribution in [-0.2, 0) is 6.54 Å². The second kappa shape index (κ2) is 4.81. The van der Waals surface area contributed by atoms with Gasteiger partial charge in [-0.1, -0.05) is 43.2 Å². The Morgan fingerprint density at radius 2 is 1.82 bits per heavy atom. The number of nitrogens with one attached hydrogen (secondary N) is 1. The number of aryl methyl sites for hydroxylation is 2. The molecule has 1 heteroatoms. The Kier molecular flexibility index (Phi) is 3.58. The van der Waals surface area contributed by atoms with Crippen LogP contribution in [0.25, 0.3) is 0 Å². The van der Waals surface area contributed by atoms with Crippen LogP contribution in [0.5, 0.6) is 0 Å². The van der Waals surface area contributed by atoms with E-state index < -0.39 is 0 Å². The fourth-order valence-corrected chi connectivity index (χ4v) is 3.04. The highest BCUT2D eigenvalue weighted by molar-refractivity contribution is 5.28. The van der Waals surface area contributed by atoms with E-state index in [0.29, 0.717) is 11.5 Å². The highest BCUT2D eigenvalue weighted by Gasteiger charge is 2.30. The fraction of sp³-hybridized carbons (Fsp3) is 0.625. The smallest absolute Gasteiger partial charge is 0.0208 e. The minimum atomic E-state index is 0.542. The molecule has 1 aliphatic carbocycles. The van der Waals surface area contributed by atoms with E-state index in [9.17, 15) is 0 Å². The molecule has 1 N–H and O–H groups in total. The molecule has 17 heavy (non-hydrogen) atoms. The minimum absolute atomic E-state index is 0.542. The third kappa shape index (κ3) is 3.57. The maximum Gasteiger partial charge on any atom is 0.0208 e. The van der Waals surface area contributed by atoms with E-state index in [1.165, 1.54) is 36.0 Å². The average Bonchev–Trinajstić information content (AvgIpc) is 2.54. The summed E-state index contributed by atoms with van der Waals surface area (Å²) in [5, 5.41) is 3.71. The number of rotatable bonds is 3. The molecule has 0 radical (unpaired) electrons. The molecule has 2 rings (SSSR count). The molecule has 1 aliphatic rings. The summed E-state index contributed by atoms with van der Waals surface area (Å²) in [6.45, 7) is 10.1. The molecule has 1 saturated carbocycles. The van der Waals surface area contributed by atoms with Crippen LogP contribution in [-0.4, -0.2) is 6.04 Å². The van der Waals surface area contributed by atoms with E-state index in [1.54, 1.807) is 0 Å². The molecular weight excluding hydrogens is 206 g/mol. The van der Waals surface area contributed by atoms with Crippen LogP contribution in [0, 0.1) is 19.3 Å². The van der Waals surface area contributed by atoms with Gasteiger partial charge in [0.25, 0.3) is 0 Å². The first-order valence-corrected chi connectivity index (χ1v) is 6.75. The zero-order valence-electron chi connectivity index (χ0n) is 11.6. The normalized spacial score (nSPS) is 22.9. The SMILES string of the molecule is Cc1cc(C)cc(CNC2CCC(C)(C)C2)c1. The van der Waals surface area contributed by atoms with Gasteiger partial charge in [-0.25, -0.2) is 0 Å². The topological polar surface area (TPSA) is 12.0 Å². The second-order valence-electron chi connectivity index (χ2n) is 6.48. The minimum Gasteiger partial charge on any atom is -0.310 e. The molecule has 0 aliphatic heterocycles. The Morgan fingerprint density at radius 3 is 2.35 bits per heavy atom. The summed E-state index contributed by atoms with van der Waals surface area (Å²) >= 11 is 0. The zero-order chi connectivity index (χ0) is 12.5. The quantitative estimate of drug-likeness (QED) is 0.830. The second-order valence-corrected chi connectivity index (χ2v) is 6.48. The highest BCUT2D eigenvalue weighted by atomic mass is 14.9. The third-order valence-corrected chi connectivity index (χ3v) is 3.84. The molecule has 1 aromatic carbocycles. The molecule has 0 saturated heterocycles. The Morgan fingerprint density at radius 1 is 1.18 bits per heavy atom. The van der Waals surface area contributed by atoms with E-state index >= 15 is 0 Å². The standard InChI is InChI=1S/C16H25N/c1-12-7-13(2)9-14(8-12)11-17-15-5-6-16(3,4)10-15/h7-9,15,17H,5-6,10-11H2,1-4H3. The van der Waals surface area contributed by atoms with Crippen molar-refractivity contribution in [3.05, 3.63) is 34.9 Å². The summed E-state index contributed by atoms with van der Waals surface area (Å²) in [5.74, 6) is 0. The van der Waals surface area contributed by atoms with Crippen molar-refractivity contribution < 1.29 is 0 Å². The summed E-state index contributed by atoms with van der Waals surface area (Å²) in [4.78, 5) is 0. The average molecular weight is 231 g/mol. The molecule has 1 aromatic rings. The summed E-state index contributed by atoms with van der Waals surface area (Å²) in [7, 11) is 0. The lowest BCUT2D eigenvalue weighted by atomic mass is 9.92. The molecule has 0 aromatic heterocycles. The molecule has 0 heterocycles. The van der Waals surface area contributed by atoms with Crippen molar-refractivity contribution in [2.75, 3.05) is 0 Å². The number of benzene rings is 1. The summed E-state index contributed by atoms with van der Waals surface area (Å²) in [6.07, 6.45) is 4.01. The van der Waals surface area contributed by atoms with Crippen molar-refractivity contribution in [2.45, 2.75) is 59.5 Å². The van der Waals surface area contributed by atoms with Gasteiger partial charge in [0.2, 0.25) is 0 Å². The fourth-order valence-electron chi connectivity index (χ4n) is 3.04. The van der Waals surface area contributed by atoms with E-state index in [2.05, 4.69) is 51.2 Å². The van der Waals surface area contributed by atoms with Gasteiger partial charge in [0.1, 0.15) is 0 Å². The zero-order valence-corrected chi connectivity index (χ0v) is 11.6. The van der Waals surface area contributed by atoms with Gasteiger partial charge < -0.3 is 5.32 Å². The molecule has 0 bridgehead atoms. The van der Waals surface area contributed by atoms with Crippen LogP contribution in [0.4, 0.5) is 0 Å². The van der Waals surface area contributed by atoms with Crippen LogP contribution in [0.15, 0.2) is 18.2 Å². The van der Waals surface area contributed by atoms with Gasteiger partial charge in [-0.3, -0.25) is 0 Å². The van der Waals surface area contributed by atoms with Gasteiger partial charge in [0.15, 0.2) is 0 Å². The molecule has 1 unspecified atom stereocenters. The first-order chi connectivity index (χ1) is 7.94. The van der Waals surface area contributed by atoms with E-state index in [4.69, 9.17) is 0 Å². The Bertz CT molecular complexity index is 372. The van der Waals surface area contributed by atoms with E-state index in [-0.39, 0.29) is 0 Å². The van der Waals surface area contributed by atoms with Crippen molar-refractivity contribution in [3.8, 4) is 0 Å². The van der Waals surface area contributed by atoms with Gasteiger partial charge in [0, 0.05) is 12.6 Å². The van der Waals surface area contributed by atoms with Gasteiger partial charge in [-0.15, -0.1) is 0 Å². The lowest BCUT2D eigenvalue weighted by Gasteiger charge is -2.18. The largest absolute Gasteiger partial charge is 0.310 e. The van der Waals surface area contributed by atoms with Crippen molar-refractivity contribution in [1.29, 1.82) is 0 Å². The van der Waals surface area contributed by atoms with Crippen LogP contribution < -0.4 is 5.32 Å². The molecular formula is C16H25N.